The van der Waals surface area contributed by atoms with E-state index in [0.717, 1.165) is 23.5 Å². The first-order chi connectivity index (χ1) is 10.8. The summed E-state index contributed by atoms with van der Waals surface area (Å²) in [5.74, 6) is 2.31. The lowest BCUT2D eigenvalue weighted by Gasteiger charge is -2.24. The van der Waals surface area contributed by atoms with Gasteiger partial charge in [0.15, 0.2) is 11.5 Å². The second-order valence-corrected chi connectivity index (χ2v) is 6.47. The van der Waals surface area contributed by atoms with E-state index in [4.69, 9.17) is 9.47 Å². The number of nitrogens with one attached hydrogen (secondary N) is 2. The molecule has 1 aliphatic carbocycles. The van der Waals surface area contributed by atoms with Gasteiger partial charge in [-0.15, -0.1) is 12.4 Å². The molecule has 4 rings (SSSR count). The van der Waals surface area contributed by atoms with Crippen molar-refractivity contribution in [3.63, 3.8) is 0 Å². The van der Waals surface area contributed by atoms with E-state index >= 15 is 0 Å². The van der Waals surface area contributed by atoms with Gasteiger partial charge in [0.25, 0.3) is 0 Å². The Morgan fingerprint density at radius 3 is 3.00 bits per heavy atom. The van der Waals surface area contributed by atoms with E-state index in [1.165, 1.54) is 25.7 Å². The number of ether oxygens (including phenoxy) is 2. The Hall–Kier alpha value is -1.46. The topological polar surface area (TPSA) is 59.6 Å². The molecule has 0 bridgehead atoms. The largest absolute Gasteiger partial charge is 0.454 e. The number of halogens is 1. The van der Waals surface area contributed by atoms with E-state index < -0.39 is 0 Å². The van der Waals surface area contributed by atoms with E-state index in [2.05, 4.69) is 10.6 Å². The molecule has 2 N–H and O–H groups in total. The first-order valence-electron chi connectivity index (χ1n) is 8.22. The standard InChI is InChI=1S/C17H22N2O3.ClH/c20-17(14-8-11-4-1-2-6-13(11)19-14)18-9-12-5-3-7-15-16(12)22-10-21-15;/h3,5,7,11,13-14,19H,1-2,4,6,8-10H2,(H,18,20);1H. The van der Waals surface area contributed by atoms with Crippen LogP contribution in [0.15, 0.2) is 18.2 Å². The fourth-order valence-electron chi connectivity index (χ4n) is 3.96. The maximum atomic E-state index is 12.4. The zero-order valence-corrected chi connectivity index (χ0v) is 13.9. The Morgan fingerprint density at radius 2 is 2.13 bits per heavy atom. The quantitative estimate of drug-likeness (QED) is 0.888. The summed E-state index contributed by atoms with van der Waals surface area (Å²) in [5, 5.41) is 6.56. The molecule has 2 heterocycles. The Labute approximate surface area is 142 Å². The Bertz CT molecular complexity index is 567. The smallest absolute Gasteiger partial charge is 0.237 e. The second kappa shape index (κ2) is 6.97. The third-order valence-corrected chi connectivity index (χ3v) is 5.11. The normalized spacial score (nSPS) is 27.9. The van der Waals surface area contributed by atoms with E-state index in [1.54, 1.807) is 0 Å². The third-order valence-electron chi connectivity index (χ3n) is 5.11. The number of rotatable bonds is 3. The number of hydrogen-bond acceptors (Lipinski definition) is 4. The number of fused-ring (bicyclic) bond motifs is 2. The fraction of sp³-hybridized carbons (Fsp3) is 0.588. The van der Waals surface area contributed by atoms with Crippen LogP contribution in [0.2, 0.25) is 0 Å². The average molecular weight is 339 g/mol. The van der Waals surface area contributed by atoms with Crippen LogP contribution in [0.1, 0.15) is 37.7 Å². The molecule has 1 aromatic carbocycles. The lowest BCUT2D eigenvalue weighted by atomic mass is 9.85. The zero-order valence-electron chi connectivity index (χ0n) is 13.0. The van der Waals surface area contributed by atoms with Crippen molar-refractivity contribution < 1.29 is 14.3 Å². The van der Waals surface area contributed by atoms with Crippen molar-refractivity contribution in [2.45, 2.75) is 50.7 Å². The summed E-state index contributed by atoms with van der Waals surface area (Å²) in [4.78, 5) is 12.4. The van der Waals surface area contributed by atoms with Crippen LogP contribution in [0.3, 0.4) is 0 Å². The van der Waals surface area contributed by atoms with Gasteiger partial charge in [0, 0.05) is 18.2 Å². The van der Waals surface area contributed by atoms with Gasteiger partial charge in [-0.25, -0.2) is 0 Å². The van der Waals surface area contributed by atoms with Gasteiger partial charge in [0.2, 0.25) is 12.7 Å². The highest BCUT2D eigenvalue weighted by atomic mass is 35.5. The van der Waals surface area contributed by atoms with Gasteiger partial charge in [0.1, 0.15) is 0 Å². The third kappa shape index (κ3) is 3.26. The highest BCUT2D eigenvalue weighted by molar-refractivity contribution is 5.85. The SMILES string of the molecule is Cl.O=C(NCc1cccc2c1OCO2)C1CC2CCCCC2N1. The Morgan fingerprint density at radius 1 is 1.26 bits per heavy atom. The van der Waals surface area contributed by atoms with Crippen molar-refractivity contribution in [2.75, 3.05) is 6.79 Å². The molecule has 0 radical (unpaired) electrons. The molecule has 1 saturated carbocycles. The highest BCUT2D eigenvalue weighted by Gasteiger charge is 2.38. The summed E-state index contributed by atoms with van der Waals surface area (Å²) >= 11 is 0. The van der Waals surface area contributed by atoms with Crippen molar-refractivity contribution >= 4 is 18.3 Å². The predicted molar refractivity (Wildman–Crippen MR) is 88.9 cm³/mol. The molecule has 1 saturated heterocycles. The van der Waals surface area contributed by atoms with Crippen molar-refractivity contribution in [3.8, 4) is 11.5 Å². The van der Waals surface area contributed by atoms with E-state index in [0.29, 0.717) is 18.5 Å². The monoisotopic (exact) mass is 338 g/mol. The molecule has 6 heteroatoms. The van der Waals surface area contributed by atoms with Crippen molar-refractivity contribution in [2.24, 2.45) is 5.92 Å². The van der Waals surface area contributed by atoms with Crippen LogP contribution in [0, 0.1) is 5.92 Å². The van der Waals surface area contributed by atoms with Crippen LogP contribution >= 0.6 is 12.4 Å². The molecule has 0 spiro atoms. The van der Waals surface area contributed by atoms with Gasteiger partial charge in [-0.2, -0.15) is 0 Å². The van der Waals surface area contributed by atoms with Crippen LogP contribution in [0.5, 0.6) is 11.5 Å². The van der Waals surface area contributed by atoms with Gasteiger partial charge in [-0.1, -0.05) is 25.0 Å². The zero-order chi connectivity index (χ0) is 14.9. The van der Waals surface area contributed by atoms with Crippen LogP contribution in [-0.4, -0.2) is 24.8 Å². The summed E-state index contributed by atoms with van der Waals surface area (Å²) in [7, 11) is 0. The molecule has 3 atom stereocenters. The summed E-state index contributed by atoms with van der Waals surface area (Å²) in [5.41, 5.74) is 0.971. The molecule has 1 amide bonds. The molecule has 3 unspecified atom stereocenters. The van der Waals surface area contributed by atoms with Crippen LogP contribution in [0.25, 0.3) is 0 Å². The van der Waals surface area contributed by atoms with Crippen molar-refractivity contribution in [1.29, 1.82) is 0 Å². The number of amides is 1. The van der Waals surface area contributed by atoms with Gasteiger partial charge in [0.05, 0.1) is 6.04 Å². The summed E-state index contributed by atoms with van der Waals surface area (Å²) in [6.07, 6.45) is 6.05. The number of hydrogen-bond donors (Lipinski definition) is 2. The lowest BCUT2D eigenvalue weighted by Crippen LogP contribution is -2.42. The number of para-hydroxylation sites is 1. The summed E-state index contributed by atoms with van der Waals surface area (Å²) in [6.45, 7) is 0.743. The van der Waals surface area contributed by atoms with Crippen LogP contribution < -0.4 is 20.1 Å². The lowest BCUT2D eigenvalue weighted by molar-refractivity contribution is -0.123. The van der Waals surface area contributed by atoms with Crippen molar-refractivity contribution in [3.05, 3.63) is 23.8 Å². The summed E-state index contributed by atoms with van der Waals surface area (Å²) in [6, 6.07) is 6.29. The Balaban J connectivity index is 0.00000156. The minimum Gasteiger partial charge on any atom is -0.454 e. The predicted octanol–water partition coefficient (Wildman–Crippen LogP) is 2.37. The van der Waals surface area contributed by atoms with Gasteiger partial charge in [-0.3, -0.25) is 4.79 Å². The fourth-order valence-corrected chi connectivity index (χ4v) is 3.96. The molecule has 3 aliphatic rings. The second-order valence-electron chi connectivity index (χ2n) is 6.47. The van der Waals surface area contributed by atoms with Crippen LogP contribution in [0.4, 0.5) is 0 Å². The maximum Gasteiger partial charge on any atom is 0.237 e. The summed E-state index contributed by atoms with van der Waals surface area (Å²) < 4.78 is 10.8. The molecule has 2 fully saturated rings. The average Bonchev–Trinajstić information content (AvgIpc) is 3.18. The van der Waals surface area contributed by atoms with E-state index in [1.807, 2.05) is 18.2 Å². The molecule has 2 aliphatic heterocycles. The molecule has 23 heavy (non-hydrogen) atoms. The molecule has 5 nitrogen and oxygen atoms in total. The molecular formula is C17H23ClN2O3. The Kier molecular flexibility index (Phi) is 4.97. The highest BCUT2D eigenvalue weighted by Crippen LogP contribution is 2.35. The maximum absolute atomic E-state index is 12.4. The minimum atomic E-state index is -0.0398. The first-order valence-corrected chi connectivity index (χ1v) is 8.22. The molecule has 126 valence electrons. The van der Waals surface area contributed by atoms with E-state index in [9.17, 15) is 4.79 Å². The van der Waals surface area contributed by atoms with Crippen LogP contribution in [-0.2, 0) is 11.3 Å². The van der Waals surface area contributed by atoms with E-state index in [-0.39, 0.29) is 31.1 Å². The molecule has 1 aromatic rings. The first kappa shape index (κ1) is 16.4. The number of benzene rings is 1. The number of carbonyl (C=O) groups is 1. The number of carbonyl (C=O) groups excluding carboxylic acids is 1. The van der Waals surface area contributed by atoms with Gasteiger partial charge < -0.3 is 20.1 Å². The molecule has 0 aromatic heterocycles. The van der Waals surface area contributed by atoms with Gasteiger partial charge in [-0.05, 0) is 31.2 Å². The van der Waals surface area contributed by atoms with Gasteiger partial charge >= 0.3 is 0 Å². The minimum absolute atomic E-state index is 0. The molecular weight excluding hydrogens is 316 g/mol. The van der Waals surface area contributed by atoms with Crippen molar-refractivity contribution in [1.82, 2.24) is 10.6 Å².